The standard InChI is InChI=1S/C21H28ClN3O2/c1-16-6-9-20(19(22)12-16)27-11-3-5-21(26)25-10-2-4-17(14-25)7-8-18-13-23-15-24-18/h6,9,12-13,15,17H,2-5,7-8,10-11,14H2,1H3,(H,23,24). The average molecular weight is 390 g/mol. The molecule has 1 unspecified atom stereocenters. The third-order valence-corrected chi connectivity index (χ3v) is 5.42. The highest BCUT2D eigenvalue weighted by Gasteiger charge is 2.23. The second-order valence-corrected chi connectivity index (χ2v) is 7.76. The number of benzene rings is 1. The maximum absolute atomic E-state index is 12.5. The summed E-state index contributed by atoms with van der Waals surface area (Å²) in [5, 5.41) is 0.623. The molecule has 0 aliphatic carbocycles. The van der Waals surface area contributed by atoms with E-state index in [0.717, 1.165) is 37.9 Å². The zero-order chi connectivity index (χ0) is 19.1. The second kappa shape index (κ2) is 9.79. The van der Waals surface area contributed by atoms with Gasteiger partial charge in [0.2, 0.25) is 5.91 Å². The van der Waals surface area contributed by atoms with Crippen molar-refractivity contribution in [3.63, 3.8) is 0 Å². The van der Waals surface area contributed by atoms with Crippen molar-refractivity contribution in [3.05, 3.63) is 47.0 Å². The van der Waals surface area contributed by atoms with Crippen molar-refractivity contribution in [2.75, 3.05) is 19.7 Å². The van der Waals surface area contributed by atoms with E-state index < -0.39 is 0 Å². The number of hydrogen-bond acceptors (Lipinski definition) is 3. The number of hydrogen-bond donors (Lipinski definition) is 1. The summed E-state index contributed by atoms with van der Waals surface area (Å²) in [6.45, 7) is 4.25. The highest BCUT2D eigenvalue weighted by molar-refractivity contribution is 6.32. The largest absolute Gasteiger partial charge is 0.492 e. The quantitative estimate of drug-likeness (QED) is 0.680. The Labute approximate surface area is 166 Å². The number of carbonyl (C=O) groups is 1. The van der Waals surface area contributed by atoms with Crippen LogP contribution in [0.15, 0.2) is 30.7 Å². The third-order valence-electron chi connectivity index (χ3n) is 5.13. The lowest BCUT2D eigenvalue weighted by molar-refractivity contribution is -0.133. The summed E-state index contributed by atoms with van der Waals surface area (Å²) in [7, 11) is 0. The first-order valence-corrected chi connectivity index (χ1v) is 10.1. The van der Waals surface area contributed by atoms with Crippen LogP contribution >= 0.6 is 11.6 Å². The van der Waals surface area contributed by atoms with Gasteiger partial charge in [-0.3, -0.25) is 4.79 Å². The maximum Gasteiger partial charge on any atom is 0.222 e. The Morgan fingerprint density at radius 1 is 1.44 bits per heavy atom. The van der Waals surface area contributed by atoms with Gasteiger partial charge < -0.3 is 14.6 Å². The monoisotopic (exact) mass is 389 g/mol. The van der Waals surface area contributed by atoms with Crippen molar-refractivity contribution in [2.45, 2.75) is 45.4 Å². The number of nitrogens with zero attached hydrogens (tertiary/aromatic N) is 2. The van der Waals surface area contributed by atoms with E-state index >= 15 is 0 Å². The van der Waals surface area contributed by atoms with Gasteiger partial charge in [0.15, 0.2) is 0 Å². The number of aromatic nitrogens is 2. The van der Waals surface area contributed by atoms with Crippen LogP contribution in [-0.2, 0) is 11.2 Å². The number of carbonyl (C=O) groups excluding carboxylic acids is 1. The Balaban J connectivity index is 1.37. The maximum atomic E-state index is 12.5. The molecule has 1 aromatic carbocycles. The van der Waals surface area contributed by atoms with E-state index in [-0.39, 0.29) is 5.91 Å². The predicted octanol–water partition coefficient (Wildman–Crippen LogP) is 4.40. The smallest absolute Gasteiger partial charge is 0.222 e. The van der Waals surface area contributed by atoms with Crippen molar-refractivity contribution < 1.29 is 9.53 Å². The fraction of sp³-hybridized carbons (Fsp3) is 0.524. The Morgan fingerprint density at radius 2 is 2.33 bits per heavy atom. The van der Waals surface area contributed by atoms with E-state index in [2.05, 4.69) is 9.97 Å². The number of H-pyrrole nitrogens is 1. The lowest BCUT2D eigenvalue weighted by Crippen LogP contribution is -2.40. The zero-order valence-corrected chi connectivity index (χ0v) is 16.7. The SMILES string of the molecule is Cc1ccc(OCCCC(=O)N2CCCC(CCc3cnc[nH]3)C2)c(Cl)c1. The number of rotatable bonds is 8. The Kier molecular flexibility index (Phi) is 7.16. The van der Waals surface area contributed by atoms with Crippen LogP contribution in [0.25, 0.3) is 0 Å². The van der Waals surface area contributed by atoms with Crippen LogP contribution in [0.3, 0.4) is 0 Å². The van der Waals surface area contributed by atoms with Gasteiger partial charge in [0, 0.05) is 31.4 Å². The molecule has 0 saturated carbocycles. The number of nitrogens with one attached hydrogen (secondary N) is 1. The summed E-state index contributed by atoms with van der Waals surface area (Å²) in [4.78, 5) is 21.8. The lowest BCUT2D eigenvalue weighted by atomic mass is 9.92. The van der Waals surface area contributed by atoms with Crippen molar-refractivity contribution in [3.8, 4) is 5.75 Å². The molecule has 1 saturated heterocycles. The molecule has 1 fully saturated rings. The molecule has 3 rings (SSSR count). The van der Waals surface area contributed by atoms with Crippen molar-refractivity contribution >= 4 is 17.5 Å². The molecule has 5 nitrogen and oxygen atoms in total. The van der Waals surface area contributed by atoms with Gasteiger partial charge >= 0.3 is 0 Å². The van der Waals surface area contributed by atoms with E-state index in [4.69, 9.17) is 16.3 Å². The minimum absolute atomic E-state index is 0.236. The first-order chi connectivity index (χ1) is 13.1. The summed E-state index contributed by atoms with van der Waals surface area (Å²) >= 11 is 6.17. The van der Waals surface area contributed by atoms with Gasteiger partial charge in [0.25, 0.3) is 0 Å². The molecule has 1 aliphatic rings. The summed E-state index contributed by atoms with van der Waals surface area (Å²) in [5.74, 6) is 1.50. The van der Waals surface area contributed by atoms with Gasteiger partial charge in [-0.1, -0.05) is 17.7 Å². The Bertz CT molecular complexity index is 733. The summed E-state index contributed by atoms with van der Waals surface area (Å²) in [5.41, 5.74) is 2.28. The van der Waals surface area contributed by atoms with Crippen LogP contribution in [-0.4, -0.2) is 40.5 Å². The van der Waals surface area contributed by atoms with E-state index in [1.165, 1.54) is 12.1 Å². The number of piperidine rings is 1. The number of likely N-dealkylation sites (tertiary alicyclic amines) is 1. The Hall–Kier alpha value is -2.01. The highest BCUT2D eigenvalue weighted by atomic mass is 35.5. The molecule has 146 valence electrons. The Morgan fingerprint density at radius 3 is 3.11 bits per heavy atom. The number of halogens is 1. The van der Waals surface area contributed by atoms with Gasteiger partial charge in [-0.15, -0.1) is 0 Å². The highest BCUT2D eigenvalue weighted by Crippen LogP contribution is 2.25. The second-order valence-electron chi connectivity index (χ2n) is 7.35. The molecular formula is C21H28ClN3O2. The summed E-state index contributed by atoms with van der Waals surface area (Å²) < 4.78 is 5.72. The lowest BCUT2D eigenvalue weighted by Gasteiger charge is -2.33. The van der Waals surface area contributed by atoms with Crippen LogP contribution in [0.2, 0.25) is 5.02 Å². The van der Waals surface area contributed by atoms with Crippen molar-refractivity contribution in [1.82, 2.24) is 14.9 Å². The summed E-state index contributed by atoms with van der Waals surface area (Å²) in [6.07, 6.45) is 9.22. The van der Waals surface area contributed by atoms with Gasteiger partial charge in [-0.2, -0.15) is 0 Å². The first kappa shape index (κ1) is 19.7. The normalized spacial score (nSPS) is 17.1. The first-order valence-electron chi connectivity index (χ1n) is 9.76. The number of aromatic amines is 1. The molecule has 1 atom stereocenters. The minimum atomic E-state index is 0.236. The molecule has 27 heavy (non-hydrogen) atoms. The van der Waals surface area contributed by atoms with E-state index in [1.54, 1.807) is 6.33 Å². The number of ether oxygens (including phenoxy) is 1. The van der Waals surface area contributed by atoms with Crippen LogP contribution in [0, 0.1) is 12.8 Å². The molecule has 6 heteroatoms. The van der Waals surface area contributed by atoms with Crippen molar-refractivity contribution in [1.29, 1.82) is 0 Å². The number of aryl methyl sites for hydroxylation is 2. The summed E-state index contributed by atoms with van der Waals surface area (Å²) in [6, 6.07) is 5.75. The number of imidazole rings is 1. The van der Waals surface area contributed by atoms with Gasteiger partial charge in [-0.25, -0.2) is 4.98 Å². The molecule has 0 spiro atoms. The number of amides is 1. The molecule has 1 amide bonds. The van der Waals surface area contributed by atoms with Crippen LogP contribution in [0.4, 0.5) is 0 Å². The van der Waals surface area contributed by atoms with E-state index in [1.807, 2.05) is 36.2 Å². The molecule has 0 bridgehead atoms. The molecule has 1 aliphatic heterocycles. The zero-order valence-electron chi connectivity index (χ0n) is 15.9. The topological polar surface area (TPSA) is 58.2 Å². The fourth-order valence-electron chi connectivity index (χ4n) is 3.59. The van der Waals surface area contributed by atoms with Gasteiger partial charge in [0.05, 0.1) is 18.0 Å². The van der Waals surface area contributed by atoms with E-state index in [0.29, 0.717) is 36.1 Å². The average Bonchev–Trinajstić information content (AvgIpc) is 3.18. The van der Waals surface area contributed by atoms with Gasteiger partial charge in [-0.05, 0) is 62.6 Å². The predicted molar refractivity (Wildman–Crippen MR) is 107 cm³/mol. The van der Waals surface area contributed by atoms with Crippen molar-refractivity contribution in [2.24, 2.45) is 5.92 Å². The molecule has 1 N–H and O–H groups in total. The third kappa shape index (κ3) is 5.99. The molecule has 2 heterocycles. The minimum Gasteiger partial charge on any atom is -0.492 e. The molecule has 1 aromatic heterocycles. The molecule has 2 aromatic rings. The van der Waals surface area contributed by atoms with Gasteiger partial charge in [0.1, 0.15) is 5.75 Å². The van der Waals surface area contributed by atoms with Crippen LogP contribution < -0.4 is 4.74 Å². The van der Waals surface area contributed by atoms with Crippen LogP contribution in [0.5, 0.6) is 5.75 Å². The van der Waals surface area contributed by atoms with Crippen LogP contribution in [0.1, 0.15) is 43.4 Å². The fourth-order valence-corrected chi connectivity index (χ4v) is 3.88. The van der Waals surface area contributed by atoms with E-state index in [9.17, 15) is 4.79 Å². The molecule has 0 radical (unpaired) electrons. The molecular weight excluding hydrogens is 362 g/mol.